The Kier molecular flexibility index (Phi) is 3.27. The molecular formula is C15H22N2O. The first-order valence-electron chi connectivity index (χ1n) is 6.93. The molecule has 1 heterocycles. The van der Waals surface area contributed by atoms with Crippen LogP contribution in [0.5, 0.6) is 5.75 Å². The molecule has 2 aliphatic rings. The van der Waals surface area contributed by atoms with Crippen LogP contribution in [0.3, 0.4) is 0 Å². The molecule has 2 unspecified atom stereocenters. The summed E-state index contributed by atoms with van der Waals surface area (Å²) in [7, 11) is 1.73. The molecule has 0 bridgehead atoms. The molecule has 2 N–H and O–H groups in total. The second kappa shape index (κ2) is 4.90. The Morgan fingerprint density at radius 1 is 1.33 bits per heavy atom. The van der Waals surface area contributed by atoms with Crippen LogP contribution in [0.15, 0.2) is 24.3 Å². The second-order valence-corrected chi connectivity index (χ2v) is 5.47. The first-order valence-corrected chi connectivity index (χ1v) is 6.93. The lowest BCUT2D eigenvalue weighted by molar-refractivity contribution is 0.220. The standard InChI is InChI=1S/C15H22N2O/c1-18-14-4-2-3-11(9-14)15-12(10-16)7-8-17(15)13-5-6-13/h2-4,9,12-13,15H,5-8,10,16H2,1H3. The molecule has 1 aromatic carbocycles. The minimum atomic E-state index is 0.498. The fraction of sp³-hybridized carbons (Fsp3) is 0.600. The summed E-state index contributed by atoms with van der Waals surface area (Å²) in [5.74, 6) is 1.55. The van der Waals surface area contributed by atoms with Gasteiger partial charge in [0.2, 0.25) is 0 Å². The number of nitrogens with two attached hydrogens (primary N) is 1. The molecule has 0 spiro atoms. The van der Waals surface area contributed by atoms with Crippen LogP contribution < -0.4 is 10.5 Å². The third-order valence-electron chi connectivity index (χ3n) is 4.32. The number of methoxy groups -OCH3 is 1. The van der Waals surface area contributed by atoms with Gasteiger partial charge in [-0.2, -0.15) is 0 Å². The molecule has 3 heteroatoms. The summed E-state index contributed by atoms with van der Waals surface area (Å²) in [6.45, 7) is 1.99. The van der Waals surface area contributed by atoms with Crippen molar-refractivity contribution in [3.63, 3.8) is 0 Å². The Morgan fingerprint density at radius 3 is 2.83 bits per heavy atom. The summed E-state index contributed by atoms with van der Waals surface area (Å²) >= 11 is 0. The highest BCUT2D eigenvalue weighted by molar-refractivity contribution is 5.32. The predicted octanol–water partition coefficient (Wildman–Crippen LogP) is 2.18. The zero-order chi connectivity index (χ0) is 12.5. The van der Waals surface area contributed by atoms with Crippen molar-refractivity contribution in [1.29, 1.82) is 0 Å². The van der Waals surface area contributed by atoms with Crippen LogP contribution in [-0.2, 0) is 0 Å². The van der Waals surface area contributed by atoms with Crippen molar-refractivity contribution in [3.05, 3.63) is 29.8 Å². The van der Waals surface area contributed by atoms with Crippen molar-refractivity contribution in [2.45, 2.75) is 31.3 Å². The topological polar surface area (TPSA) is 38.5 Å². The number of nitrogens with zero attached hydrogens (tertiary/aromatic N) is 1. The van der Waals surface area contributed by atoms with Crippen LogP contribution in [0.25, 0.3) is 0 Å². The molecule has 2 atom stereocenters. The number of likely N-dealkylation sites (tertiary alicyclic amines) is 1. The van der Waals surface area contributed by atoms with E-state index in [9.17, 15) is 0 Å². The van der Waals surface area contributed by atoms with E-state index in [-0.39, 0.29) is 0 Å². The first kappa shape index (κ1) is 12.0. The van der Waals surface area contributed by atoms with Gasteiger partial charge in [0, 0.05) is 12.1 Å². The molecule has 1 aromatic rings. The minimum absolute atomic E-state index is 0.498. The largest absolute Gasteiger partial charge is 0.497 e. The number of ether oxygens (including phenoxy) is 1. The van der Waals surface area contributed by atoms with Gasteiger partial charge in [-0.25, -0.2) is 0 Å². The van der Waals surface area contributed by atoms with Crippen LogP contribution in [0, 0.1) is 5.92 Å². The van der Waals surface area contributed by atoms with E-state index in [0.717, 1.165) is 18.3 Å². The number of hydrogen-bond donors (Lipinski definition) is 1. The Bertz CT molecular complexity index is 417. The summed E-state index contributed by atoms with van der Waals surface area (Å²) in [4.78, 5) is 2.66. The smallest absolute Gasteiger partial charge is 0.119 e. The second-order valence-electron chi connectivity index (χ2n) is 5.47. The van der Waals surface area contributed by atoms with Gasteiger partial charge in [-0.1, -0.05) is 12.1 Å². The lowest BCUT2D eigenvalue weighted by atomic mass is 9.93. The van der Waals surface area contributed by atoms with Crippen molar-refractivity contribution in [3.8, 4) is 5.75 Å². The van der Waals surface area contributed by atoms with Crippen LogP contribution in [0.4, 0.5) is 0 Å². The zero-order valence-corrected chi connectivity index (χ0v) is 11.0. The van der Waals surface area contributed by atoms with Gasteiger partial charge in [-0.05, 0) is 56.0 Å². The van der Waals surface area contributed by atoms with Crippen molar-refractivity contribution in [2.24, 2.45) is 11.7 Å². The molecule has 1 aliphatic heterocycles. The highest BCUT2D eigenvalue weighted by Gasteiger charge is 2.42. The Morgan fingerprint density at radius 2 is 2.17 bits per heavy atom. The van der Waals surface area contributed by atoms with Crippen molar-refractivity contribution >= 4 is 0 Å². The average Bonchev–Trinajstić information content (AvgIpc) is 3.18. The van der Waals surface area contributed by atoms with Crippen molar-refractivity contribution in [2.75, 3.05) is 20.2 Å². The quantitative estimate of drug-likeness (QED) is 0.885. The molecule has 0 radical (unpaired) electrons. The fourth-order valence-electron chi connectivity index (χ4n) is 3.23. The molecule has 3 rings (SSSR count). The summed E-state index contributed by atoms with van der Waals surface area (Å²) < 4.78 is 5.34. The molecule has 0 amide bonds. The fourth-order valence-corrected chi connectivity index (χ4v) is 3.23. The van der Waals surface area contributed by atoms with E-state index >= 15 is 0 Å². The summed E-state index contributed by atoms with van der Waals surface area (Å²) in [6.07, 6.45) is 3.95. The Labute approximate surface area is 109 Å². The molecule has 1 saturated heterocycles. The third-order valence-corrected chi connectivity index (χ3v) is 4.32. The van der Waals surface area contributed by atoms with Gasteiger partial charge < -0.3 is 10.5 Å². The number of rotatable bonds is 4. The molecule has 1 saturated carbocycles. The van der Waals surface area contributed by atoms with Crippen LogP contribution in [-0.4, -0.2) is 31.1 Å². The summed E-state index contributed by atoms with van der Waals surface area (Å²) in [5.41, 5.74) is 7.33. The van der Waals surface area contributed by atoms with E-state index in [1.54, 1.807) is 7.11 Å². The number of benzene rings is 1. The highest BCUT2D eigenvalue weighted by Crippen LogP contribution is 2.44. The first-order chi connectivity index (χ1) is 8.83. The van der Waals surface area contributed by atoms with Gasteiger partial charge in [0.1, 0.15) is 5.75 Å². The molecule has 0 aromatic heterocycles. The molecule has 18 heavy (non-hydrogen) atoms. The van der Waals surface area contributed by atoms with Crippen molar-refractivity contribution in [1.82, 2.24) is 4.90 Å². The minimum Gasteiger partial charge on any atom is -0.497 e. The van der Waals surface area contributed by atoms with Crippen LogP contribution in [0.2, 0.25) is 0 Å². The normalized spacial score (nSPS) is 28.6. The highest BCUT2D eigenvalue weighted by atomic mass is 16.5. The van der Waals surface area contributed by atoms with Gasteiger partial charge >= 0.3 is 0 Å². The maximum atomic E-state index is 5.96. The monoisotopic (exact) mass is 246 g/mol. The van der Waals surface area contributed by atoms with E-state index in [4.69, 9.17) is 10.5 Å². The van der Waals surface area contributed by atoms with E-state index in [0.29, 0.717) is 12.0 Å². The van der Waals surface area contributed by atoms with Gasteiger partial charge in [-0.3, -0.25) is 4.90 Å². The third kappa shape index (κ3) is 2.13. The van der Waals surface area contributed by atoms with E-state index in [2.05, 4.69) is 23.1 Å². The van der Waals surface area contributed by atoms with Gasteiger partial charge in [0.25, 0.3) is 0 Å². The Hall–Kier alpha value is -1.06. The number of hydrogen-bond acceptors (Lipinski definition) is 3. The summed E-state index contributed by atoms with van der Waals surface area (Å²) in [6, 6.07) is 9.79. The lowest BCUT2D eigenvalue weighted by Crippen LogP contribution is -2.29. The van der Waals surface area contributed by atoms with Crippen LogP contribution in [0.1, 0.15) is 30.9 Å². The van der Waals surface area contributed by atoms with E-state index in [1.807, 2.05) is 6.07 Å². The van der Waals surface area contributed by atoms with Gasteiger partial charge in [0.05, 0.1) is 7.11 Å². The maximum absolute atomic E-state index is 5.96. The van der Waals surface area contributed by atoms with E-state index < -0.39 is 0 Å². The predicted molar refractivity (Wildman–Crippen MR) is 72.6 cm³/mol. The Balaban J connectivity index is 1.89. The van der Waals surface area contributed by atoms with Crippen LogP contribution >= 0.6 is 0 Å². The van der Waals surface area contributed by atoms with E-state index in [1.165, 1.54) is 31.4 Å². The SMILES string of the molecule is COc1cccc(C2C(CN)CCN2C2CC2)c1. The summed E-state index contributed by atoms with van der Waals surface area (Å²) in [5, 5.41) is 0. The average molecular weight is 246 g/mol. The molecular weight excluding hydrogens is 224 g/mol. The molecule has 98 valence electrons. The van der Waals surface area contributed by atoms with Gasteiger partial charge in [-0.15, -0.1) is 0 Å². The zero-order valence-electron chi connectivity index (χ0n) is 11.0. The molecule has 1 aliphatic carbocycles. The molecule has 3 nitrogen and oxygen atoms in total. The van der Waals surface area contributed by atoms with Gasteiger partial charge in [0.15, 0.2) is 0 Å². The van der Waals surface area contributed by atoms with Crippen molar-refractivity contribution < 1.29 is 4.74 Å². The molecule has 2 fully saturated rings. The lowest BCUT2D eigenvalue weighted by Gasteiger charge is -2.28. The maximum Gasteiger partial charge on any atom is 0.119 e.